The first-order valence-corrected chi connectivity index (χ1v) is 11.2. The Morgan fingerprint density at radius 1 is 0.967 bits per heavy atom. The van der Waals surface area contributed by atoms with Gasteiger partial charge in [0.2, 0.25) is 11.8 Å². The first kappa shape index (κ1) is 24.8. The van der Waals surface area contributed by atoms with Crippen molar-refractivity contribution < 1.29 is 9.59 Å². The van der Waals surface area contributed by atoms with Crippen molar-refractivity contribution in [3.05, 3.63) is 67.6 Å². The lowest BCUT2D eigenvalue weighted by Crippen LogP contribution is -2.49. The van der Waals surface area contributed by atoms with Crippen molar-refractivity contribution in [2.75, 3.05) is 6.54 Å². The van der Waals surface area contributed by atoms with Crippen molar-refractivity contribution in [2.24, 2.45) is 0 Å². The Morgan fingerprint density at radius 3 is 2.30 bits per heavy atom. The fourth-order valence-corrected chi connectivity index (χ4v) is 3.83. The Labute approximate surface area is 197 Å². The van der Waals surface area contributed by atoms with E-state index >= 15 is 0 Å². The average molecular weight is 490 g/mol. The van der Waals surface area contributed by atoms with Gasteiger partial charge in [-0.25, -0.2) is 0 Å². The van der Waals surface area contributed by atoms with Gasteiger partial charge >= 0.3 is 0 Å². The van der Waals surface area contributed by atoms with E-state index in [-0.39, 0.29) is 24.8 Å². The van der Waals surface area contributed by atoms with Crippen LogP contribution in [0.2, 0.25) is 20.1 Å². The van der Waals surface area contributed by atoms with E-state index in [0.29, 0.717) is 44.2 Å². The summed E-state index contributed by atoms with van der Waals surface area (Å²) in [7, 11) is 0. The van der Waals surface area contributed by atoms with E-state index in [1.165, 1.54) is 0 Å². The molecule has 0 radical (unpaired) electrons. The molecule has 162 valence electrons. The molecular weight excluding hydrogens is 466 g/mol. The lowest BCUT2D eigenvalue weighted by Gasteiger charge is -2.31. The first-order chi connectivity index (χ1) is 14.3. The molecule has 0 spiro atoms. The largest absolute Gasteiger partial charge is 0.354 e. The van der Waals surface area contributed by atoms with Crippen molar-refractivity contribution >= 4 is 58.2 Å². The van der Waals surface area contributed by atoms with Crippen LogP contribution in [0.5, 0.6) is 0 Å². The second kappa shape index (κ2) is 11.8. The molecule has 2 aromatic carbocycles. The van der Waals surface area contributed by atoms with Gasteiger partial charge in [-0.15, -0.1) is 0 Å². The Morgan fingerprint density at radius 2 is 1.70 bits per heavy atom. The van der Waals surface area contributed by atoms with Crippen molar-refractivity contribution in [3.8, 4) is 0 Å². The molecule has 4 nitrogen and oxygen atoms in total. The summed E-state index contributed by atoms with van der Waals surface area (Å²) in [5.74, 6) is -0.398. The molecule has 0 saturated carbocycles. The first-order valence-electron chi connectivity index (χ1n) is 9.71. The zero-order valence-electron chi connectivity index (χ0n) is 16.9. The van der Waals surface area contributed by atoms with E-state index in [2.05, 4.69) is 5.32 Å². The average Bonchev–Trinajstić information content (AvgIpc) is 2.70. The van der Waals surface area contributed by atoms with Gasteiger partial charge in [0.1, 0.15) is 6.04 Å². The number of halogens is 4. The highest BCUT2D eigenvalue weighted by Crippen LogP contribution is 2.26. The molecule has 30 heavy (non-hydrogen) atoms. The molecule has 0 fully saturated rings. The molecule has 1 atom stereocenters. The van der Waals surface area contributed by atoms with Crippen LogP contribution in [0.3, 0.4) is 0 Å². The van der Waals surface area contributed by atoms with Crippen LogP contribution in [-0.2, 0) is 22.6 Å². The molecular formula is C22H24Cl4N2O2. The second-order valence-corrected chi connectivity index (χ2v) is 8.56. The highest BCUT2D eigenvalue weighted by Gasteiger charge is 2.29. The molecule has 0 aromatic heterocycles. The molecule has 0 heterocycles. The highest BCUT2D eigenvalue weighted by atomic mass is 35.5. The van der Waals surface area contributed by atoms with Crippen LogP contribution < -0.4 is 5.32 Å². The Bertz CT molecular complexity index is 905. The maximum Gasteiger partial charge on any atom is 0.242 e. The maximum absolute atomic E-state index is 13.3. The molecule has 1 unspecified atom stereocenters. The van der Waals surface area contributed by atoms with Crippen LogP contribution in [0, 0.1) is 0 Å². The molecule has 0 aliphatic heterocycles. The molecule has 2 amide bonds. The summed E-state index contributed by atoms with van der Waals surface area (Å²) >= 11 is 24.4. The zero-order valence-corrected chi connectivity index (χ0v) is 19.9. The van der Waals surface area contributed by atoms with Crippen molar-refractivity contribution in [1.29, 1.82) is 0 Å². The fourth-order valence-electron chi connectivity index (χ4n) is 3.04. The van der Waals surface area contributed by atoms with Crippen LogP contribution in [-0.4, -0.2) is 29.3 Å². The summed E-state index contributed by atoms with van der Waals surface area (Å²) in [4.78, 5) is 27.6. The Hall–Kier alpha value is -1.46. The molecule has 2 aromatic rings. The van der Waals surface area contributed by atoms with Crippen molar-refractivity contribution in [2.45, 2.75) is 45.7 Å². The molecule has 2 rings (SSSR count). The van der Waals surface area contributed by atoms with Crippen LogP contribution in [0.1, 0.15) is 37.8 Å². The lowest BCUT2D eigenvalue weighted by molar-refractivity contribution is -0.140. The van der Waals surface area contributed by atoms with Crippen LogP contribution in [0.25, 0.3) is 0 Å². The number of amides is 2. The Balaban J connectivity index is 2.33. The van der Waals surface area contributed by atoms with E-state index in [4.69, 9.17) is 46.4 Å². The maximum atomic E-state index is 13.3. The minimum Gasteiger partial charge on any atom is -0.354 e. The van der Waals surface area contributed by atoms with E-state index in [1.807, 2.05) is 13.8 Å². The molecule has 8 heteroatoms. The van der Waals surface area contributed by atoms with E-state index in [9.17, 15) is 9.59 Å². The predicted molar refractivity (Wildman–Crippen MR) is 125 cm³/mol. The minimum atomic E-state index is -0.626. The number of hydrogen-bond donors (Lipinski definition) is 1. The van der Waals surface area contributed by atoms with E-state index in [0.717, 1.165) is 6.42 Å². The third-order valence-corrected chi connectivity index (χ3v) is 5.96. The SMILES string of the molecule is CCCNC(=O)C(CC)N(Cc1ccc(Cl)cc1Cl)C(=O)Cc1ccc(Cl)c(Cl)c1. The highest BCUT2D eigenvalue weighted by molar-refractivity contribution is 6.42. The standard InChI is InChI=1S/C22H24Cl4N2O2/c1-3-9-27-22(30)20(4-2)28(13-15-6-7-16(23)12-18(15)25)21(29)11-14-5-8-17(24)19(26)10-14/h5-8,10,12,20H,3-4,9,11,13H2,1-2H3,(H,27,30). The molecule has 0 saturated heterocycles. The number of rotatable bonds is 9. The summed E-state index contributed by atoms with van der Waals surface area (Å²) in [5.41, 5.74) is 1.43. The molecule has 0 aliphatic carbocycles. The fraction of sp³-hybridized carbons (Fsp3) is 0.364. The van der Waals surface area contributed by atoms with Crippen molar-refractivity contribution in [3.63, 3.8) is 0 Å². The summed E-state index contributed by atoms with van der Waals surface area (Å²) < 4.78 is 0. The van der Waals surface area contributed by atoms with Gasteiger partial charge in [0.15, 0.2) is 0 Å². The number of nitrogens with zero attached hydrogens (tertiary/aromatic N) is 1. The van der Waals surface area contributed by atoms with Gasteiger partial charge in [0.25, 0.3) is 0 Å². The zero-order chi connectivity index (χ0) is 22.3. The quantitative estimate of drug-likeness (QED) is 0.457. The van der Waals surface area contributed by atoms with Gasteiger partial charge in [-0.1, -0.05) is 72.4 Å². The third kappa shape index (κ3) is 6.78. The minimum absolute atomic E-state index is 0.0830. The van der Waals surface area contributed by atoms with Gasteiger partial charge < -0.3 is 10.2 Å². The molecule has 0 bridgehead atoms. The number of carbonyl (C=O) groups is 2. The summed E-state index contributed by atoms with van der Waals surface area (Å²) in [6.45, 7) is 4.58. The normalized spacial score (nSPS) is 11.8. The smallest absolute Gasteiger partial charge is 0.242 e. The molecule has 1 N–H and O–H groups in total. The van der Waals surface area contributed by atoms with Gasteiger partial charge in [-0.2, -0.15) is 0 Å². The third-order valence-electron chi connectivity index (χ3n) is 4.63. The predicted octanol–water partition coefficient (Wildman–Crippen LogP) is 6.18. The monoisotopic (exact) mass is 488 g/mol. The van der Waals surface area contributed by atoms with Crippen molar-refractivity contribution in [1.82, 2.24) is 10.2 Å². The van der Waals surface area contributed by atoms with E-state index < -0.39 is 6.04 Å². The summed E-state index contributed by atoms with van der Waals surface area (Å²) in [6.07, 6.45) is 1.36. The van der Waals surface area contributed by atoms with E-state index in [1.54, 1.807) is 41.3 Å². The van der Waals surface area contributed by atoms with Gasteiger partial charge in [0, 0.05) is 23.1 Å². The summed E-state index contributed by atoms with van der Waals surface area (Å²) in [5, 5.41) is 4.63. The lowest BCUT2D eigenvalue weighted by atomic mass is 10.1. The Kier molecular flexibility index (Phi) is 9.76. The van der Waals surface area contributed by atoms with Gasteiger partial charge in [0.05, 0.1) is 16.5 Å². The topological polar surface area (TPSA) is 49.4 Å². The number of benzene rings is 2. The van der Waals surface area contributed by atoms with Crippen LogP contribution in [0.15, 0.2) is 36.4 Å². The van der Waals surface area contributed by atoms with Gasteiger partial charge in [-0.3, -0.25) is 9.59 Å². The second-order valence-electron chi connectivity index (χ2n) is 6.90. The number of hydrogen-bond acceptors (Lipinski definition) is 2. The number of nitrogens with one attached hydrogen (secondary N) is 1. The van der Waals surface area contributed by atoms with Gasteiger partial charge in [-0.05, 0) is 48.2 Å². The molecule has 0 aliphatic rings. The number of carbonyl (C=O) groups excluding carboxylic acids is 2. The van der Waals surface area contributed by atoms with Crippen LogP contribution >= 0.6 is 46.4 Å². The van der Waals surface area contributed by atoms with Crippen LogP contribution in [0.4, 0.5) is 0 Å². The summed E-state index contributed by atoms with van der Waals surface area (Å²) in [6, 6.07) is 9.53.